The van der Waals surface area contributed by atoms with Crippen molar-refractivity contribution < 1.29 is 0 Å². The molecule has 1 fully saturated rings. The fraction of sp³-hybridized carbons (Fsp3) is 0.812. The molecule has 0 aliphatic heterocycles. The van der Waals surface area contributed by atoms with Gasteiger partial charge in [0.25, 0.3) is 0 Å². The Hall–Kier alpha value is -0.540. The second-order valence-corrected chi connectivity index (χ2v) is 7.47. The van der Waals surface area contributed by atoms with E-state index in [-0.39, 0.29) is 0 Å². The van der Waals surface area contributed by atoms with Gasteiger partial charge in [0.05, 0.1) is 5.69 Å². The largest absolute Gasteiger partial charge is 0.316 e. The molecule has 1 saturated carbocycles. The lowest BCUT2D eigenvalue weighted by molar-refractivity contribution is 0.251. The number of hydrogen-bond donors (Lipinski definition) is 1. The second kappa shape index (κ2) is 6.07. The van der Waals surface area contributed by atoms with Crippen LogP contribution in [-0.2, 0) is 13.5 Å². The summed E-state index contributed by atoms with van der Waals surface area (Å²) >= 11 is 6.41. The van der Waals surface area contributed by atoms with Gasteiger partial charge in [0.2, 0.25) is 0 Å². The van der Waals surface area contributed by atoms with E-state index in [1.54, 1.807) is 4.68 Å². The van der Waals surface area contributed by atoms with Crippen molar-refractivity contribution in [3.63, 3.8) is 0 Å². The van der Waals surface area contributed by atoms with E-state index < -0.39 is 0 Å². The highest BCUT2D eigenvalue weighted by molar-refractivity contribution is 6.30. The Labute approximate surface area is 128 Å². The lowest BCUT2D eigenvalue weighted by Crippen LogP contribution is -2.37. The minimum Gasteiger partial charge on any atom is -0.316 e. The first-order valence-electron chi connectivity index (χ1n) is 7.72. The molecule has 0 amide bonds. The monoisotopic (exact) mass is 297 g/mol. The maximum Gasteiger partial charge on any atom is 0.130 e. The van der Waals surface area contributed by atoms with Crippen molar-refractivity contribution in [3.05, 3.63) is 16.4 Å². The van der Waals surface area contributed by atoms with Crippen molar-refractivity contribution in [2.75, 3.05) is 13.1 Å². The van der Waals surface area contributed by atoms with Crippen molar-refractivity contribution in [2.24, 2.45) is 24.3 Å². The molecule has 114 valence electrons. The lowest BCUT2D eigenvalue weighted by Gasteiger charge is -2.31. The highest BCUT2D eigenvalue weighted by Crippen LogP contribution is 2.47. The standard InChI is InChI=1S/C16H28ClN3/c1-11(2)9-18-10-16(4,13-6-7-13)8-14-12(3)19-20(5)15(14)17/h11,13,18H,6-10H2,1-5H3. The first kappa shape index (κ1) is 15.8. The van der Waals surface area contributed by atoms with Crippen molar-refractivity contribution >= 4 is 11.6 Å². The third-order valence-electron chi connectivity index (χ3n) is 4.49. The maximum absolute atomic E-state index is 6.41. The fourth-order valence-corrected chi connectivity index (χ4v) is 3.30. The maximum atomic E-state index is 6.41. The van der Waals surface area contributed by atoms with Crippen LogP contribution in [0.15, 0.2) is 0 Å². The second-order valence-electron chi connectivity index (χ2n) is 7.11. The predicted octanol–water partition coefficient (Wildman–Crippen LogP) is 3.59. The Morgan fingerprint density at radius 2 is 2.10 bits per heavy atom. The molecular weight excluding hydrogens is 270 g/mol. The average molecular weight is 298 g/mol. The van der Waals surface area contributed by atoms with Crippen LogP contribution in [0, 0.1) is 24.2 Å². The van der Waals surface area contributed by atoms with Gasteiger partial charge < -0.3 is 5.32 Å². The molecule has 1 unspecified atom stereocenters. The molecule has 1 heterocycles. The summed E-state index contributed by atoms with van der Waals surface area (Å²) in [7, 11) is 1.92. The third-order valence-corrected chi connectivity index (χ3v) is 4.97. The third kappa shape index (κ3) is 3.56. The Morgan fingerprint density at radius 3 is 2.55 bits per heavy atom. The van der Waals surface area contributed by atoms with Gasteiger partial charge in [0.1, 0.15) is 5.15 Å². The van der Waals surface area contributed by atoms with Crippen molar-refractivity contribution in [1.29, 1.82) is 0 Å². The highest BCUT2D eigenvalue weighted by Gasteiger charge is 2.42. The van der Waals surface area contributed by atoms with Gasteiger partial charge in [-0.3, -0.25) is 4.68 Å². The molecule has 0 spiro atoms. The average Bonchev–Trinajstić information content (AvgIpc) is 3.15. The van der Waals surface area contributed by atoms with Crippen LogP contribution >= 0.6 is 11.6 Å². The Morgan fingerprint density at radius 1 is 1.45 bits per heavy atom. The minimum atomic E-state index is 0.298. The smallest absolute Gasteiger partial charge is 0.130 e. The van der Waals surface area contributed by atoms with Crippen molar-refractivity contribution in [2.45, 2.75) is 47.0 Å². The van der Waals surface area contributed by atoms with E-state index in [0.717, 1.165) is 36.3 Å². The molecular formula is C16H28ClN3. The lowest BCUT2D eigenvalue weighted by atomic mass is 9.79. The number of rotatable bonds is 7. The molecule has 3 nitrogen and oxygen atoms in total. The molecule has 20 heavy (non-hydrogen) atoms. The van der Waals surface area contributed by atoms with Gasteiger partial charge in [-0.05, 0) is 50.0 Å². The molecule has 1 N–H and O–H groups in total. The Bertz CT molecular complexity index is 463. The van der Waals surface area contributed by atoms with E-state index >= 15 is 0 Å². The number of hydrogen-bond acceptors (Lipinski definition) is 2. The molecule has 1 aliphatic rings. The van der Waals surface area contributed by atoms with Gasteiger partial charge >= 0.3 is 0 Å². The van der Waals surface area contributed by atoms with E-state index in [1.807, 2.05) is 7.05 Å². The molecule has 0 saturated heterocycles. The topological polar surface area (TPSA) is 29.9 Å². The van der Waals surface area contributed by atoms with Crippen LogP contribution in [0.1, 0.15) is 44.9 Å². The SMILES string of the molecule is Cc1nn(C)c(Cl)c1CC(C)(CNCC(C)C)C1CC1. The van der Waals surface area contributed by atoms with Crippen LogP contribution in [0.3, 0.4) is 0 Å². The predicted molar refractivity (Wildman–Crippen MR) is 85.2 cm³/mol. The number of nitrogens with zero attached hydrogens (tertiary/aromatic N) is 2. The van der Waals surface area contributed by atoms with Gasteiger partial charge in [-0.1, -0.05) is 32.4 Å². The van der Waals surface area contributed by atoms with Crippen LogP contribution in [0.4, 0.5) is 0 Å². The van der Waals surface area contributed by atoms with E-state index in [9.17, 15) is 0 Å². The van der Waals surface area contributed by atoms with Gasteiger partial charge in [0, 0.05) is 19.2 Å². The van der Waals surface area contributed by atoms with Gasteiger partial charge in [0.15, 0.2) is 0 Å². The highest BCUT2D eigenvalue weighted by atomic mass is 35.5. The summed E-state index contributed by atoms with van der Waals surface area (Å²) in [5.74, 6) is 1.53. The number of aryl methyl sites for hydroxylation is 2. The van der Waals surface area contributed by atoms with Crippen LogP contribution in [0.25, 0.3) is 0 Å². The van der Waals surface area contributed by atoms with E-state index in [2.05, 4.69) is 38.1 Å². The minimum absolute atomic E-state index is 0.298. The zero-order valence-corrected chi connectivity index (χ0v) is 14.2. The molecule has 0 aromatic carbocycles. The normalized spacial score (nSPS) is 18.6. The molecule has 1 aliphatic carbocycles. The van der Waals surface area contributed by atoms with Crippen LogP contribution < -0.4 is 5.32 Å². The Kier molecular flexibility index (Phi) is 4.80. The van der Waals surface area contributed by atoms with Crippen LogP contribution in [0.5, 0.6) is 0 Å². The summed E-state index contributed by atoms with van der Waals surface area (Å²) in [4.78, 5) is 0. The molecule has 1 atom stereocenters. The first-order chi connectivity index (χ1) is 9.33. The molecule has 0 bridgehead atoms. The summed E-state index contributed by atoms with van der Waals surface area (Å²) in [6.45, 7) is 11.1. The quantitative estimate of drug-likeness (QED) is 0.833. The molecule has 1 aromatic heterocycles. The number of aromatic nitrogens is 2. The molecule has 1 aromatic rings. The number of nitrogens with one attached hydrogen (secondary N) is 1. The summed E-state index contributed by atoms with van der Waals surface area (Å²) in [5, 5.41) is 8.89. The Balaban J connectivity index is 2.08. The number of halogens is 1. The van der Waals surface area contributed by atoms with Gasteiger partial charge in [-0.2, -0.15) is 5.10 Å². The van der Waals surface area contributed by atoms with Crippen LogP contribution in [-0.4, -0.2) is 22.9 Å². The molecule has 4 heteroatoms. The zero-order chi connectivity index (χ0) is 14.9. The summed E-state index contributed by atoms with van der Waals surface area (Å²) in [6, 6.07) is 0. The van der Waals surface area contributed by atoms with Gasteiger partial charge in [-0.25, -0.2) is 0 Å². The van der Waals surface area contributed by atoms with Gasteiger partial charge in [-0.15, -0.1) is 0 Å². The summed E-state index contributed by atoms with van der Waals surface area (Å²) < 4.78 is 1.79. The molecule has 2 rings (SSSR count). The van der Waals surface area contributed by atoms with Crippen molar-refractivity contribution in [1.82, 2.24) is 15.1 Å². The van der Waals surface area contributed by atoms with Crippen LogP contribution in [0.2, 0.25) is 5.15 Å². The van der Waals surface area contributed by atoms with E-state index in [0.29, 0.717) is 11.3 Å². The van der Waals surface area contributed by atoms with Crippen molar-refractivity contribution in [3.8, 4) is 0 Å². The summed E-state index contributed by atoms with van der Waals surface area (Å²) in [5.41, 5.74) is 2.61. The first-order valence-corrected chi connectivity index (χ1v) is 8.10. The fourth-order valence-electron chi connectivity index (χ4n) is 3.06. The van der Waals surface area contributed by atoms with E-state index in [4.69, 9.17) is 11.6 Å². The zero-order valence-electron chi connectivity index (χ0n) is 13.5. The molecule has 0 radical (unpaired) electrons. The summed E-state index contributed by atoms with van der Waals surface area (Å²) in [6.07, 6.45) is 3.74. The van der Waals surface area contributed by atoms with E-state index in [1.165, 1.54) is 18.4 Å².